The summed E-state index contributed by atoms with van der Waals surface area (Å²) >= 11 is 6.17. The summed E-state index contributed by atoms with van der Waals surface area (Å²) in [6.07, 6.45) is 6.65. The summed E-state index contributed by atoms with van der Waals surface area (Å²) in [4.78, 5) is 19.4. The number of hydrogen-bond acceptors (Lipinski definition) is 6. The van der Waals surface area contributed by atoms with Crippen LogP contribution in [0.25, 0.3) is 16.9 Å². The number of carbonyl (C=O) groups is 1. The number of nitrogens with zero attached hydrogens (tertiary/aromatic N) is 4. The molecule has 0 aliphatic carbocycles. The first-order valence-corrected chi connectivity index (χ1v) is 14.1. The van der Waals surface area contributed by atoms with Crippen LogP contribution in [0.5, 0.6) is 0 Å². The topological polar surface area (TPSA) is 99.0 Å². The van der Waals surface area contributed by atoms with Gasteiger partial charge in [0.2, 0.25) is 10.0 Å². The zero-order valence-electron chi connectivity index (χ0n) is 21.1. The molecule has 1 aliphatic heterocycles. The first-order chi connectivity index (χ1) is 18.1. The molecular formula is C27H27ClN6O3S. The fraction of sp³-hybridized carbons (Fsp3) is 0.185. The Balaban J connectivity index is 1.56. The van der Waals surface area contributed by atoms with Crippen LogP contribution in [-0.2, 0) is 14.8 Å². The van der Waals surface area contributed by atoms with Gasteiger partial charge in [-0.25, -0.2) is 13.4 Å². The summed E-state index contributed by atoms with van der Waals surface area (Å²) in [5, 5.41) is 6.84. The van der Waals surface area contributed by atoms with Gasteiger partial charge in [-0.05, 0) is 62.6 Å². The molecule has 1 aliphatic rings. The molecule has 0 bridgehead atoms. The van der Waals surface area contributed by atoms with E-state index in [1.54, 1.807) is 42.6 Å². The number of rotatable bonds is 8. The van der Waals surface area contributed by atoms with Crippen LogP contribution in [0.15, 0.2) is 73.2 Å². The van der Waals surface area contributed by atoms with Gasteiger partial charge in [-0.2, -0.15) is 0 Å². The number of fused-ring (bicyclic) bond motifs is 2. The number of likely N-dealkylation sites (N-methyl/N-ethyl adjacent to an activating group) is 1. The molecule has 2 aromatic heterocycles. The molecule has 0 unspecified atom stereocenters. The van der Waals surface area contributed by atoms with Crippen molar-refractivity contribution in [2.75, 3.05) is 48.4 Å². The van der Waals surface area contributed by atoms with Gasteiger partial charge in [-0.1, -0.05) is 17.7 Å². The first-order valence-electron chi connectivity index (χ1n) is 11.9. The fourth-order valence-corrected chi connectivity index (χ4v) is 5.46. The number of carbonyl (C=O) groups excluding carboxylic acids is 1. The van der Waals surface area contributed by atoms with Gasteiger partial charge < -0.3 is 19.9 Å². The van der Waals surface area contributed by atoms with E-state index in [9.17, 15) is 13.2 Å². The number of aromatic nitrogens is 2. The Morgan fingerprint density at radius 3 is 2.55 bits per heavy atom. The number of anilines is 3. The number of imidazole rings is 1. The third kappa shape index (κ3) is 5.24. The van der Waals surface area contributed by atoms with Crippen molar-refractivity contribution >= 4 is 61.5 Å². The van der Waals surface area contributed by atoms with Crippen molar-refractivity contribution in [2.24, 2.45) is 0 Å². The van der Waals surface area contributed by atoms with Crippen LogP contribution in [0.1, 0.15) is 11.1 Å². The van der Waals surface area contributed by atoms with Crippen LogP contribution in [-0.4, -0.2) is 62.1 Å². The Morgan fingerprint density at radius 1 is 1.08 bits per heavy atom. The van der Waals surface area contributed by atoms with E-state index in [0.29, 0.717) is 46.4 Å². The van der Waals surface area contributed by atoms with Crippen molar-refractivity contribution in [3.63, 3.8) is 0 Å². The first kappa shape index (κ1) is 25.8. The second-order valence-corrected chi connectivity index (χ2v) is 11.7. The molecule has 38 heavy (non-hydrogen) atoms. The predicted molar refractivity (Wildman–Crippen MR) is 153 cm³/mol. The van der Waals surface area contributed by atoms with Gasteiger partial charge in [0.15, 0.2) is 0 Å². The van der Waals surface area contributed by atoms with Gasteiger partial charge in [0.05, 0.1) is 28.9 Å². The molecule has 2 N–H and O–H groups in total. The lowest BCUT2D eigenvalue weighted by Crippen LogP contribution is -2.35. The van der Waals surface area contributed by atoms with E-state index in [2.05, 4.69) is 15.6 Å². The third-order valence-corrected chi connectivity index (χ3v) is 7.66. The van der Waals surface area contributed by atoms with E-state index in [4.69, 9.17) is 11.6 Å². The standard InChI is InChI=1S/C27H27ClN6O3S/c1-32(2)14-15-34(38(3,36)37)21-8-6-20(7-9-21)30-26(18-4-11-24-29-12-13-33(24)17-18)25-22-10-5-19(28)16-23(22)31-27(25)35/h4-13,16-17,30H,14-15H2,1-3H3,(H,31,35)/b26-25-. The molecule has 1 amide bonds. The molecule has 0 fully saturated rings. The minimum Gasteiger partial charge on any atom is -0.354 e. The largest absolute Gasteiger partial charge is 0.354 e. The SMILES string of the molecule is CN(C)CCN(c1ccc(N/C(=C2\C(=O)Nc3cc(Cl)ccc32)c2ccc3nccn3c2)cc1)S(C)(=O)=O. The maximum atomic E-state index is 13.2. The summed E-state index contributed by atoms with van der Waals surface area (Å²) in [7, 11) is 0.335. The van der Waals surface area contributed by atoms with E-state index in [1.807, 2.05) is 54.0 Å². The minimum atomic E-state index is -3.46. The van der Waals surface area contributed by atoms with E-state index in [1.165, 1.54) is 10.6 Å². The Kier molecular flexibility index (Phi) is 6.87. The van der Waals surface area contributed by atoms with Crippen molar-refractivity contribution < 1.29 is 13.2 Å². The number of sulfonamides is 1. The Morgan fingerprint density at radius 2 is 1.84 bits per heavy atom. The molecule has 9 nitrogen and oxygen atoms in total. The highest BCUT2D eigenvalue weighted by Gasteiger charge is 2.29. The lowest BCUT2D eigenvalue weighted by Gasteiger charge is -2.24. The second-order valence-electron chi connectivity index (χ2n) is 9.31. The number of amides is 1. The summed E-state index contributed by atoms with van der Waals surface area (Å²) in [5.41, 5.74) is 5.26. The van der Waals surface area contributed by atoms with Gasteiger partial charge >= 0.3 is 0 Å². The van der Waals surface area contributed by atoms with Crippen LogP contribution in [0, 0.1) is 0 Å². The third-order valence-electron chi connectivity index (χ3n) is 6.23. The van der Waals surface area contributed by atoms with Crippen LogP contribution in [0.3, 0.4) is 0 Å². The minimum absolute atomic E-state index is 0.251. The van der Waals surface area contributed by atoms with Crippen LogP contribution >= 0.6 is 11.6 Å². The van der Waals surface area contributed by atoms with Crippen molar-refractivity contribution in [1.29, 1.82) is 0 Å². The maximum absolute atomic E-state index is 13.2. The second kappa shape index (κ2) is 10.1. The van der Waals surface area contributed by atoms with Gasteiger partial charge in [0.1, 0.15) is 5.65 Å². The zero-order chi connectivity index (χ0) is 27.0. The highest BCUT2D eigenvalue weighted by Crippen LogP contribution is 2.39. The monoisotopic (exact) mass is 550 g/mol. The van der Waals surface area contributed by atoms with Crippen molar-refractivity contribution in [3.8, 4) is 0 Å². The zero-order valence-corrected chi connectivity index (χ0v) is 22.7. The Hall–Kier alpha value is -3.86. The molecule has 4 aromatic rings. The molecule has 0 atom stereocenters. The molecule has 196 valence electrons. The van der Waals surface area contributed by atoms with Crippen LogP contribution in [0.4, 0.5) is 17.1 Å². The number of nitrogens with one attached hydrogen (secondary N) is 2. The lowest BCUT2D eigenvalue weighted by atomic mass is 10.0. The molecule has 0 spiro atoms. The number of hydrogen-bond donors (Lipinski definition) is 2. The molecule has 2 aromatic carbocycles. The van der Waals surface area contributed by atoms with Crippen LogP contribution in [0.2, 0.25) is 5.02 Å². The molecule has 0 saturated heterocycles. The lowest BCUT2D eigenvalue weighted by molar-refractivity contribution is -0.110. The molecule has 5 rings (SSSR count). The smallest absolute Gasteiger partial charge is 0.258 e. The van der Waals surface area contributed by atoms with E-state index >= 15 is 0 Å². The van der Waals surface area contributed by atoms with Gasteiger partial charge in [-0.3, -0.25) is 9.10 Å². The van der Waals surface area contributed by atoms with Crippen molar-refractivity contribution in [3.05, 3.63) is 89.3 Å². The quantitative estimate of drug-likeness (QED) is 0.318. The summed E-state index contributed by atoms with van der Waals surface area (Å²) in [6.45, 7) is 0.914. The Labute approximate surface area is 226 Å². The van der Waals surface area contributed by atoms with Crippen LogP contribution < -0.4 is 14.9 Å². The van der Waals surface area contributed by atoms with Crippen molar-refractivity contribution in [1.82, 2.24) is 14.3 Å². The molecule has 3 heterocycles. The fourth-order valence-electron chi connectivity index (χ4n) is 4.37. The van der Waals surface area contributed by atoms with Gasteiger partial charge in [-0.15, -0.1) is 0 Å². The molecular weight excluding hydrogens is 524 g/mol. The summed E-state index contributed by atoms with van der Waals surface area (Å²) in [6, 6.07) is 16.2. The van der Waals surface area contributed by atoms with Gasteiger partial charge in [0.25, 0.3) is 5.91 Å². The number of halogens is 1. The maximum Gasteiger partial charge on any atom is 0.258 e. The van der Waals surface area contributed by atoms with E-state index < -0.39 is 10.0 Å². The van der Waals surface area contributed by atoms with Gasteiger partial charge in [0, 0.05) is 53.5 Å². The highest BCUT2D eigenvalue weighted by atomic mass is 35.5. The average molecular weight is 551 g/mol. The van der Waals surface area contributed by atoms with Crippen molar-refractivity contribution in [2.45, 2.75) is 0 Å². The molecule has 0 radical (unpaired) electrons. The highest BCUT2D eigenvalue weighted by molar-refractivity contribution is 7.92. The Bertz CT molecular complexity index is 1660. The summed E-state index contributed by atoms with van der Waals surface area (Å²) in [5.74, 6) is -0.251. The number of benzene rings is 2. The predicted octanol–water partition coefficient (Wildman–Crippen LogP) is 4.25. The number of pyridine rings is 1. The van der Waals surface area contributed by atoms with E-state index in [-0.39, 0.29) is 5.91 Å². The average Bonchev–Trinajstić information content (AvgIpc) is 3.45. The molecule has 0 saturated carbocycles. The summed E-state index contributed by atoms with van der Waals surface area (Å²) < 4.78 is 28.2. The molecule has 11 heteroatoms. The van der Waals surface area contributed by atoms with E-state index in [0.717, 1.165) is 16.8 Å². The normalized spacial score (nSPS) is 14.5.